The van der Waals surface area contributed by atoms with Gasteiger partial charge in [0, 0.05) is 13.1 Å². The molecule has 3 heteroatoms. The van der Waals surface area contributed by atoms with Gasteiger partial charge < -0.3 is 15.1 Å². The molecule has 0 spiro atoms. The van der Waals surface area contributed by atoms with Crippen LogP contribution in [0.5, 0.6) is 0 Å². The van der Waals surface area contributed by atoms with E-state index in [1.807, 2.05) is 0 Å². The summed E-state index contributed by atoms with van der Waals surface area (Å²) in [5.41, 5.74) is 0. The molecule has 2 aliphatic heterocycles. The van der Waals surface area contributed by atoms with Crippen LogP contribution in [0.2, 0.25) is 0 Å². The molecule has 3 nitrogen and oxygen atoms in total. The number of rotatable bonds is 3. The fourth-order valence-electron chi connectivity index (χ4n) is 3.39. The summed E-state index contributed by atoms with van der Waals surface area (Å²) in [6.07, 6.45) is 4.15. The zero-order chi connectivity index (χ0) is 12.8. The smallest absolute Gasteiger partial charge is 0.00193 e. The van der Waals surface area contributed by atoms with E-state index in [-0.39, 0.29) is 0 Å². The number of piperidine rings is 1. The highest BCUT2D eigenvalue weighted by Gasteiger charge is 2.21. The average Bonchev–Trinajstić information content (AvgIpc) is 2.36. The van der Waals surface area contributed by atoms with E-state index >= 15 is 0 Å². The van der Waals surface area contributed by atoms with Gasteiger partial charge in [-0.1, -0.05) is 13.8 Å². The van der Waals surface area contributed by atoms with E-state index in [2.05, 4.69) is 29.0 Å². The van der Waals surface area contributed by atoms with Gasteiger partial charge in [0.2, 0.25) is 0 Å². The zero-order valence-electron chi connectivity index (χ0n) is 12.3. The minimum Gasteiger partial charge on any atom is -0.316 e. The third kappa shape index (κ3) is 4.52. The molecule has 0 amide bonds. The van der Waals surface area contributed by atoms with Crippen LogP contribution >= 0.6 is 0 Å². The molecule has 2 rings (SSSR count). The summed E-state index contributed by atoms with van der Waals surface area (Å²) in [7, 11) is 0. The van der Waals surface area contributed by atoms with Gasteiger partial charge in [-0.15, -0.1) is 0 Å². The summed E-state index contributed by atoms with van der Waals surface area (Å²) < 4.78 is 0. The van der Waals surface area contributed by atoms with E-state index in [1.54, 1.807) is 0 Å². The topological polar surface area (TPSA) is 18.5 Å². The summed E-state index contributed by atoms with van der Waals surface area (Å²) >= 11 is 0. The van der Waals surface area contributed by atoms with Gasteiger partial charge in [0.05, 0.1) is 0 Å². The van der Waals surface area contributed by atoms with Crippen molar-refractivity contribution in [3.63, 3.8) is 0 Å². The molecule has 0 aromatic carbocycles. The number of hydrogen-bond acceptors (Lipinski definition) is 3. The van der Waals surface area contributed by atoms with E-state index in [0.717, 1.165) is 11.8 Å². The maximum atomic E-state index is 3.54. The minimum atomic E-state index is 0.807. The lowest BCUT2D eigenvalue weighted by Crippen LogP contribution is -2.43. The Morgan fingerprint density at radius 3 is 2.61 bits per heavy atom. The van der Waals surface area contributed by atoms with Gasteiger partial charge in [-0.05, 0) is 70.4 Å². The first kappa shape index (κ1) is 14.3. The van der Waals surface area contributed by atoms with Crippen LogP contribution in [0.15, 0.2) is 0 Å². The standard InChI is InChI=1S/C15H31N3/c1-3-17-9-5-15(6-10-17)13-18-8-4-7-16-11-14(2)12-18/h14-16H,3-13H2,1-2H3. The first-order chi connectivity index (χ1) is 8.78. The summed E-state index contributed by atoms with van der Waals surface area (Å²) in [4.78, 5) is 5.33. The lowest BCUT2D eigenvalue weighted by molar-refractivity contribution is 0.132. The lowest BCUT2D eigenvalue weighted by Gasteiger charge is -2.36. The van der Waals surface area contributed by atoms with Crippen LogP contribution in [0.1, 0.15) is 33.1 Å². The molecule has 0 saturated carbocycles. The second-order valence-corrected chi connectivity index (χ2v) is 6.30. The van der Waals surface area contributed by atoms with Crippen LogP contribution in [0.25, 0.3) is 0 Å². The van der Waals surface area contributed by atoms with Crippen molar-refractivity contribution in [2.24, 2.45) is 11.8 Å². The summed E-state index contributed by atoms with van der Waals surface area (Å²) in [5.74, 6) is 1.76. The minimum absolute atomic E-state index is 0.807. The van der Waals surface area contributed by atoms with Gasteiger partial charge in [0.15, 0.2) is 0 Å². The third-order valence-corrected chi connectivity index (χ3v) is 4.56. The van der Waals surface area contributed by atoms with Crippen LogP contribution in [-0.4, -0.2) is 62.2 Å². The Bertz CT molecular complexity index is 224. The molecule has 1 N–H and O–H groups in total. The number of nitrogens with zero attached hydrogens (tertiary/aromatic N) is 2. The Morgan fingerprint density at radius 2 is 1.89 bits per heavy atom. The Balaban J connectivity index is 1.73. The van der Waals surface area contributed by atoms with Gasteiger partial charge in [0.1, 0.15) is 0 Å². The Morgan fingerprint density at radius 1 is 1.11 bits per heavy atom. The second-order valence-electron chi connectivity index (χ2n) is 6.30. The molecule has 0 aromatic heterocycles. The highest BCUT2D eigenvalue weighted by molar-refractivity contribution is 4.77. The fraction of sp³-hybridized carbons (Fsp3) is 1.00. The van der Waals surface area contributed by atoms with Crippen molar-refractivity contribution in [3.8, 4) is 0 Å². The van der Waals surface area contributed by atoms with Crippen LogP contribution < -0.4 is 5.32 Å². The summed E-state index contributed by atoms with van der Waals surface area (Å²) in [5, 5.41) is 3.54. The average molecular weight is 253 g/mol. The van der Waals surface area contributed by atoms with Gasteiger partial charge in [-0.25, -0.2) is 0 Å². The van der Waals surface area contributed by atoms with Gasteiger partial charge in [-0.2, -0.15) is 0 Å². The van der Waals surface area contributed by atoms with Crippen LogP contribution in [-0.2, 0) is 0 Å². The SMILES string of the molecule is CCN1CCC(CN2CCCNCC(C)C2)CC1. The molecule has 0 aliphatic carbocycles. The van der Waals surface area contributed by atoms with E-state index in [9.17, 15) is 0 Å². The molecule has 2 aliphatic rings. The van der Waals surface area contributed by atoms with E-state index < -0.39 is 0 Å². The van der Waals surface area contributed by atoms with Crippen molar-refractivity contribution in [2.75, 3.05) is 52.4 Å². The Hall–Kier alpha value is -0.120. The van der Waals surface area contributed by atoms with E-state index in [4.69, 9.17) is 0 Å². The van der Waals surface area contributed by atoms with E-state index in [1.165, 1.54) is 71.6 Å². The Labute approximate surface area is 113 Å². The molecule has 106 valence electrons. The first-order valence-corrected chi connectivity index (χ1v) is 7.93. The van der Waals surface area contributed by atoms with Gasteiger partial charge in [-0.3, -0.25) is 0 Å². The predicted octanol–water partition coefficient (Wildman–Crippen LogP) is 1.65. The third-order valence-electron chi connectivity index (χ3n) is 4.56. The molecule has 18 heavy (non-hydrogen) atoms. The summed E-state index contributed by atoms with van der Waals surface area (Å²) in [6, 6.07) is 0. The van der Waals surface area contributed by atoms with E-state index in [0.29, 0.717) is 0 Å². The molecule has 2 saturated heterocycles. The first-order valence-electron chi connectivity index (χ1n) is 7.93. The normalized spacial score (nSPS) is 30.0. The molecular weight excluding hydrogens is 222 g/mol. The number of nitrogens with one attached hydrogen (secondary N) is 1. The molecule has 2 heterocycles. The van der Waals surface area contributed by atoms with Crippen LogP contribution in [0.3, 0.4) is 0 Å². The zero-order valence-corrected chi connectivity index (χ0v) is 12.3. The van der Waals surface area contributed by atoms with Crippen molar-refractivity contribution in [1.29, 1.82) is 0 Å². The highest BCUT2D eigenvalue weighted by Crippen LogP contribution is 2.19. The van der Waals surface area contributed by atoms with Crippen molar-refractivity contribution in [3.05, 3.63) is 0 Å². The van der Waals surface area contributed by atoms with Gasteiger partial charge in [0.25, 0.3) is 0 Å². The fourth-order valence-corrected chi connectivity index (χ4v) is 3.39. The monoisotopic (exact) mass is 253 g/mol. The molecule has 1 unspecified atom stereocenters. The molecule has 0 radical (unpaired) electrons. The van der Waals surface area contributed by atoms with Crippen LogP contribution in [0, 0.1) is 11.8 Å². The highest BCUT2D eigenvalue weighted by atomic mass is 15.2. The Kier molecular flexibility index (Phi) is 5.93. The number of likely N-dealkylation sites (tertiary alicyclic amines) is 1. The largest absolute Gasteiger partial charge is 0.316 e. The van der Waals surface area contributed by atoms with Crippen molar-refractivity contribution in [2.45, 2.75) is 33.1 Å². The molecule has 1 atom stereocenters. The molecule has 0 aromatic rings. The number of hydrogen-bond donors (Lipinski definition) is 1. The molecular formula is C15H31N3. The lowest BCUT2D eigenvalue weighted by atomic mass is 9.95. The van der Waals surface area contributed by atoms with Crippen molar-refractivity contribution >= 4 is 0 Å². The molecule has 0 bridgehead atoms. The summed E-state index contributed by atoms with van der Waals surface area (Å²) in [6.45, 7) is 14.9. The maximum Gasteiger partial charge on any atom is 0.00193 e. The maximum absolute atomic E-state index is 3.54. The second kappa shape index (κ2) is 7.46. The van der Waals surface area contributed by atoms with Crippen molar-refractivity contribution in [1.82, 2.24) is 15.1 Å². The van der Waals surface area contributed by atoms with Crippen molar-refractivity contribution < 1.29 is 0 Å². The molecule has 2 fully saturated rings. The predicted molar refractivity (Wildman–Crippen MR) is 77.9 cm³/mol. The van der Waals surface area contributed by atoms with Crippen LogP contribution in [0.4, 0.5) is 0 Å². The van der Waals surface area contributed by atoms with Gasteiger partial charge >= 0.3 is 0 Å². The quantitative estimate of drug-likeness (QED) is 0.825.